The van der Waals surface area contributed by atoms with Crippen LogP contribution < -0.4 is 5.73 Å². The lowest BCUT2D eigenvalue weighted by molar-refractivity contribution is 0.253. The zero-order valence-electron chi connectivity index (χ0n) is 11.3. The third-order valence-corrected chi connectivity index (χ3v) is 3.74. The molecule has 0 radical (unpaired) electrons. The molecule has 0 saturated carbocycles. The first-order valence-corrected chi connectivity index (χ1v) is 6.87. The van der Waals surface area contributed by atoms with Crippen LogP contribution in [0.25, 0.3) is 0 Å². The van der Waals surface area contributed by atoms with Crippen molar-refractivity contribution in [3.8, 4) is 0 Å². The number of nitrogens with two attached hydrogens (primary N) is 1. The lowest BCUT2D eigenvalue weighted by Crippen LogP contribution is -2.43. The highest BCUT2D eigenvalue weighted by atomic mass is 14.7. The summed E-state index contributed by atoms with van der Waals surface area (Å²) >= 11 is 0. The van der Waals surface area contributed by atoms with Gasteiger partial charge in [-0.1, -0.05) is 65.7 Å². The second-order valence-electron chi connectivity index (χ2n) is 5.18. The van der Waals surface area contributed by atoms with E-state index in [-0.39, 0.29) is 5.54 Å². The molecule has 1 atom stereocenters. The summed E-state index contributed by atoms with van der Waals surface area (Å²) in [5.41, 5.74) is 6.46. The fourth-order valence-electron chi connectivity index (χ4n) is 2.53. The van der Waals surface area contributed by atoms with Gasteiger partial charge < -0.3 is 5.73 Å². The van der Waals surface area contributed by atoms with E-state index in [9.17, 15) is 0 Å². The predicted molar refractivity (Wildman–Crippen MR) is 70.0 cm³/mol. The van der Waals surface area contributed by atoms with Gasteiger partial charge in [-0.2, -0.15) is 0 Å². The molecule has 0 rings (SSSR count). The maximum absolute atomic E-state index is 6.40. The first-order valence-electron chi connectivity index (χ1n) is 6.87. The highest BCUT2D eigenvalue weighted by Crippen LogP contribution is 2.26. The van der Waals surface area contributed by atoms with E-state index in [4.69, 9.17) is 5.73 Å². The quantitative estimate of drug-likeness (QED) is 0.561. The molecular weight excluding hydrogens is 182 g/mol. The van der Waals surface area contributed by atoms with E-state index in [0.29, 0.717) is 5.92 Å². The maximum atomic E-state index is 6.40. The van der Waals surface area contributed by atoms with Crippen molar-refractivity contribution in [3.63, 3.8) is 0 Å². The molecular formula is C14H31N. The average Bonchev–Trinajstić information content (AvgIpc) is 2.18. The van der Waals surface area contributed by atoms with Crippen LogP contribution in [0.3, 0.4) is 0 Å². The molecule has 1 heteroatoms. The number of unbranched alkanes of at least 4 members (excludes halogenated alkanes) is 4. The van der Waals surface area contributed by atoms with Crippen LogP contribution in [-0.4, -0.2) is 5.54 Å². The summed E-state index contributed by atoms with van der Waals surface area (Å²) in [5, 5.41) is 0. The molecule has 15 heavy (non-hydrogen) atoms. The summed E-state index contributed by atoms with van der Waals surface area (Å²) in [6, 6.07) is 0. The van der Waals surface area contributed by atoms with Gasteiger partial charge in [-0.05, 0) is 19.3 Å². The van der Waals surface area contributed by atoms with Crippen molar-refractivity contribution in [3.05, 3.63) is 0 Å². The molecule has 0 aliphatic rings. The Labute approximate surface area is 96.8 Å². The summed E-state index contributed by atoms with van der Waals surface area (Å²) < 4.78 is 0. The van der Waals surface area contributed by atoms with Crippen molar-refractivity contribution in [1.82, 2.24) is 0 Å². The smallest absolute Gasteiger partial charge is 0.0154 e. The Kier molecular flexibility index (Phi) is 8.13. The topological polar surface area (TPSA) is 26.0 Å². The first-order chi connectivity index (χ1) is 7.08. The molecule has 0 saturated heterocycles. The second-order valence-corrected chi connectivity index (χ2v) is 5.18. The molecule has 0 aromatic carbocycles. The number of rotatable bonds is 9. The van der Waals surface area contributed by atoms with Crippen LogP contribution in [0.5, 0.6) is 0 Å². The Hall–Kier alpha value is -0.0400. The summed E-state index contributed by atoms with van der Waals surface area (Å²) in [5.74, 6) is 0.698. The van der Waals surface area contributed by atoms with E-state index in [2.05, 4.69) is 27.7 Å². The van der Waals surface area contributed by atoms with Gasteiger partial charge in [0.1, 0.15) is 0 Å². The van der Waals surface area contributed by atoms with Crippen LogP contribution in [0.2, 0.25) is 0 Å². The van der Waals surface area contributed by atoms with Crippen LogP contribution >= 0.6 is 0 Å². The van der Waals surface area contributed by atoms with Crippen molar-refractivity contribution in [2.45, 2.75) is 84.6 Å². The van der Waals surface area contributed by atoms with Crippen molar-refractivity contribution in [2.75, 3.05) is 0 Å². The Morgan fingerprint density at radius 1 is 0.933 bits per heavy atom. The maximum Gasteiger partial charge on any atom is 0.0154 e. The normalized spacial score (nSPS) is 15.6. The Balaban J connectivity index is 3.72. The molecule has 0 aromatic rings. The highest BCUT2D eigenvalue weighted by Gasteiger charge is 2.26. The third kappa shape index (κ3) is 6.19. The summed E-state index contributed by atoms with van der Waals surface area (Å²) in [7, 11) is 0. The van der Waals surface area contributed by atoms with Gasteiger partial charge in [0.25, 0.3) is 0 Å². The van der Waals surface area contributed by atoms with Crippen molar-refractivity contribution < 1.29 is 0 Å². The van der Waals surface area contributed by atoms with Gasteiger partial charge in [-0.25, -0.2) is 0 Å². The van der Waals surface area contributed by atoms with Crippen molar-refractivity contribution in [1.29, 1.82) is 0 Å². The molecule has 1 nitrogen and oxygen atoms in total. The minimum Gasteiger partial charge on any atom is -0.325 e. The van der Waals surface area contributed by atoms with Gasteiger partial charge in [-0.15, -0.1) is 0 Å². The Bertz CT molecular complexity index is 136. The Morgan fingerprint density at radius 3 is 1.93 bits per heavy atom. The van der Waals surface area contributed by atoms with Crippen LogP contribution in [0.15, 0.2) is 0 Å². The van der Waals surface area contributed by atoms with E-state index < -0.39 is 0 Å². The zero-order valence-corrected chi connectivity index (χ0v) is 11.3. The summed E-state index contributed by atoms with van der Waals surface area (Å²) in [6.07, 6.45) is 10.4. The molecule has 1 unspecified atom stereocenters. The largest absolute Gasteiger partial charge is 0.325 e. The number of hydrogen-bond acceptors (Lipinski definition) is 1. The molecule has 0 aliphatic heterocycles. The van der Waals surface area contributed by atoms with E-state index in [1.165, 1.54) is 51.4 Å². The van der Waals surface area contributed by atoms with E-state index in [1.807, 2.05) is 0 Å². The molecule has 0 aliphatic carbocycles. The van der Waals surface area contributed by atoms with Crippen molar-refractivity contribution >= 4 is 0 Å². The monoisotopic (exact) mass is 213 g/mol. The van der Waals surface area contributed by atoms with Gasteiger partial charge in [0.2, 0.25) is 0 Å². The van der Waals surface area contributed by atoms with Crippen molar-refractivity contribution in [2.24, 2.45) is 11.7 Å². The van der Waals surface area contributed by atoms with Crippen LogP contribution in [-0.2, 0) is 0 Å². The lowest BCUT2D eigenvalue weighted by atomic mass is 9.79. The SMILES string of the molecule is CCCCCCCC(C)(N)C(CC)CC. The average molecular weight is 213 g/mol. The minimum atomic E-state index is 0.0652. The van der Waals surface area contributed by atoms with Gasteiger partial charge in [0.15, 0.2) is 0 Å². The second kappa shape index (κ2) is 8.15. The van der Waals surface area contributed by atoms with E-state index in [1.54, 1.807) is 0 Å². The van der Waals surface area contributed by atoms with Gasteiger partial charge in [0, 0.05) is 5.54 Å². The molecule has 0 heterocycles. The van der Waals surface area contributed by atoms with Crippen LogP contribution in [0.4, 0.5) is 0 Å². The fraction of sp³-hybridized carbons (Fsp3) is 1.00. The minimum absolute atomic E-state index is 0.0652. The summed E-state index contributed by atoms with van der Waals surface area (Å²) in [6.45, 7) is 9.02. The molecule has 0 spiro atoms. The molecule has 92 valence electrons. The van der Waals surface area contributed by atoms with E-state index in [0.717, 1.165) is 0 Å². The molecule has 0 fully saturated rings. The predicted octanol–water partition coefficient (Wildman–Crippen LogP) is 4.50. The molecule has 0 aromatic heterocycles. The van der Waals surface area contributed by atoms with Crippen LogP contribution in [0.1, 0.15) is 79.1 Å². The van der Waals surface area contributed by atoms with Crippen LogP contribution in [0, 0.1) is 5.92 Å². The standard InChI is InChI=1S/C14H31N/c1-5-8-9-10-11-12-14(4,15)13(6-2)7-3/h13H,5-12,15H2,1-4H3. The summed E-state index contributed by atoms with van der Waals surface area (Å²) in [4.78, 5) is 0. The van der Waals surface area contributed by atoms with E-state index >= 15 is 0 Å². The fourth-order valence-corrected chi connectivity index (χ4v) is 2.53. The van der Waals surface area contributed by atoms with Gasteiger partial charge in [-0.3, -0.25) is 0 Å². The lowest BCUT2D eigenvalue weighted by Gasteiger charge is -2.33. The number of hydrogen-bond donors (Lipinski definition) is 1. The first kappa shape index (κ1) is 15.0. The molecule has 0 amide bonds. The molecule has 2 N–H and O–H groups in total. The Morgan fingerprint density at radius 2 is 1.47 bits per heavy atom. The molecule has 0 bridgehead atoms. The third-order valence-electron chi connectivity index (χ3n) is 3.74. The van der Waals surface area contributed by atoms with Gasteiger partial charge >= 0.3 is 0 Å². The zero-order chi connectivity index (χ0) is 11.7. The highest BCUT2D eigenvalue weighted by molar-refractivity contribution is 4.85. The van der Waals surface area contributed by atoms with Gasteiger partial charge in [0.05, 0.1) is 0 Å².